The number of aliphatic hydroxyl groups excluding tert-OH is 2. The molecule has 0 atom stereocenters. The summed E-state index contributed by atoms with van der Waals surface area (Å²) in [4.78, 5) is 0. The second-order valence-electron chi connectivity index (χ2n) is 3.11. The van der Waals surface area contributed by atoms with Gasteiger partial charge in [-0.1, -0.05) is 0 Å². The van der Waals surface area contributed by atoms with Gasteiger partial charge in [0, 0.05) is 0 Å². The number of hydrogen-bond donors (Lipinski definition) is 2. The van der Waals surface area contributed by atoms with E-state index in [-0.39, 0.29) is 54.0 Å². The van der Waals surface area contributed by atoms with Crippen molar-refractivity contribution in [3.05, 3.63) is 0 Å². The Balaban J connectivity index is -0.000000253. The summed E-state index contributed by atoms with van der Waals surface area (Å²) in [6, 6.07) is 0. The van der Waals surface area contributed by atoms with E-state index >= 15 is 0 Å². The van der Waals surface area contributed by atoms with E-state index in [0.717, 1.165) is 0 Å². The molecule has 0 aromatic rings. The number of hydrogen-bond acceptors (Lipinski definition) is 8. The Bertz CT molecular complexity index is 239. The van der Waals surface area contributed by atoms with E-state index in [1.54, 1.807) is 0 Å². The fraction of sp³-hybridized carbons (Fsp3) is 1.00. The van der Waals surface area contributed by atoms with Gasteiger partial charge in [-0.3, -0.25) is 4.18 Å². The summed E-state index contributed by atoms with van der Waals surface area (Å²) in [6.07, 6.45) is 0.655. The predicted octanol–water partition coefficient (Wildman–Crippen LogP) is -4.43. The van der Waals surface area contributed by atoms with Crippen LogP contribution in [0, 0.1) is 0 Å². The van der Waals surface area contributed by atoms with E-state index in [0.29, 0.717) is 39.5 Å². The average Bonchev–Trinajstić information content (AvgIpc) is 2.69. The van der Waals surface area contributed by atoms with Gasteiger partial charge in [0.05, 0.1) is 52.0 Å². The first-order valence-electron chi connectivity index (χ1n) is 5.36. The molecule has 0 spiro atoms. The van der Waals surface area contributed by atoms with Gasteiger partial charge in [0.25, 0.3) is 10.1 Å². The smallest absolute Gasteiger partial charge is 0.870 e. The molecule has 0 amide bonds. The van der Waals surface area contributed by atoms with Gasteiger partial charge < -0.3 is 25.2 Å². The summed E-state index contributed by atoms with van der Waals surface area (Å²) in [5.74, 6) is 0.201. The molecule has 1 rings (SSSR count). The Kier molecular flexibility index (Phi) is 21.8. The minimum atomic E-state index is -3.05. The summed E-state index contributed by atoms with van der Waals surface area (Å²) >= 11 is 0. The molecule has 19 heavy (non-hydrogen) atoms. The van der Waals surface area contributed by atoms with Gasteiger partial charge in [-0.15, -0.1) is 0 Å². The number of ether oxygens (including phenoxy) is 2. The van der Waals surface area contributed by atoms with Crippen molar-refractivity contribution in [3.63, 3.8) is 0 Å². The maximum Gasteiger partial charge on any atom is 1.00 e. The van der Waals surface area contributed by atoms with Crippen LogP contribution in [-0.2, 0) is 23.8 Å². The van der Waals surface area contributed by atoms with Crippen LogP contribution < -0.4 is 29.6 Å². The van der Waals surface area contributed by atoms with E-state index in [9.17, 15) is 8.42 Å². The van der Waals surface area contributed by atoms with Gasteiger partial charge in [0.15, 0.2) is 0 Å². The van der Waals surface area contributed by atoms with Crippen molar-refractivity contribution in [1.29, 1.82) is 0 Å². The molecule has 0 saturated carbocycles. The molecule has 10 heteroatoms. The largest absolute Gasteiger partial charge is 1.00 e. The molecule has 0 aromatic heterocycles. The Labute approximate surface area is 135 Å². The summed E-state index contributed by atoms with van der Waals surface area (Å²) in [5.41, 5.74) is 0. The molecule has 112 valence electrons. The standard InChI is InChI=1S/C6H14O4.C3H6O3S.Na.H2O/c7-1-3-9-5-6-10-4-2-8;4-7(5)3-1-2-6-7;;/h7-8H,1-6H2;1-3H2;;1H2/q;;+1;/p-1. The Morgan fingerprint density at radius 2 is 1.47 bits per heavy atom. The topological polar surface area (TPSA) is 132 Å². The average molecular weight is 312 g/mol. The maximum atomic E-state index is 10.2. The molecule has 1 aliphatic rings. The van der Waals surface area contributed by atoms with E-state index in [1.807, 2.05) is 0 Å². The molecule has 0 radical (unpaired) electrons. The molecule has 1 aliphatic heterocycles. The molecule has 0 aliphatic carbocycles. The van der Waals surface area contributed by atoms with Crippen molar-refractivity contribution in [2.75, 3.05) is 52.0 Å². The van der Waals surface area contributed by atoms with Gasteiger partial charge in [-0.05, 0) is 6.42 Å². The van der Waals surface area contributed by atoms with Crippen LogP contribution in [0.15, 0.2) is 0 Å². The molecule has 0 aromatic carbocycles. The molecule has 3 N–H and O–H groups in total. The van der Waals surface area contributed by atoms with Crippen molar-refractivity contribution >= 4 is 10.1 Å². The molecule has 1 saturated heterocycles. The Morgan fingerprint density at radius 3 is 1.68 bits per heavy atom. The normalized spacial score (nSPS) is 15.7. The zero-order valence-corrected chi connectivity index (χ0v) is 14.0. The predicted molar refractivity (Wildman–Crippen MR) is 62.1 cm³/mol. The molecule has 8 nitrogen and oxygen atoms in total. The van der Waals surface area contributed by atoms with E-state index < -0.39 is 10.1 Å². The van der Waals surface area contributed by atoms with Crippen LogP contribution >= 0.6 is 0 Å². The van der Waals surface area contributed by atoms with Crippen LogP contribution in [-0.4, -0.2) is 76.1 Å². The molecule has 1 fully saturated rings. The Hall–Kier alpha value is 0.710. The summed E-state index contributed by atoms with van der Waals surface area (Å²) < 4.78 is 34.5. The van der Waals surface area contributed by atoms with Crippen molar-refractivity contribution in [2.24, 2.45) is 0 Å². The van der Waals surface area contributed by atoms with Gasteiger partial charge in [0.2, 0.25) is 0 Å². The fourth-order valence-corrected chi connectivity index (χ4v) is 1.89. The van der Waals surface area contributed by atoms with Crippen LogP contribution in [0.3, 0.4) is 0 Å². The van der Waals surface area contributed by atoms with E-state index in [1.165, 1.54) is 0 Å². The monoisotopic (exact) mass is 312 g/mol. The van der Waals surface area contributed by atoms with Crippen LogP contribution in [0.5, 0.6) is 0 Å². The number of rotatable bonds is 7. The van der Waals surface area contributed by atoms with Gasteiger partial charge in [-0.25, -0.2) is 0 Å². The fourth-order valence-electron chi connectivity index (χ4n) is 0.932. The van der Waals surface area contributed by atoms with Crippen LogP contribution in [0.25, 0.3) is 0 Å². The van der Waals surface area contributed by atoms with Crippen molar-refractivity contribution in [2.45, 2.75) is 6.42 Å². The zero-order chi connectivity index (χ0) is 13.0. The molecule has 0 unspecified atom stereocenters. The first kappa shape index (κ1) is 24.7. The van der Waals surface area contributed by atoms with Crippen molar-refractivity contribution in [3.8, 4) is 0 Å². The van der Waals surface area contributed by atoms with Crippen LogP contribution in [0.4, 0.5) is 0 Å². The third kappa shape index (κ3) is 18.7. The maximum absolute atomic E-state index is 10.2. The van der Waals surface area contributed by atoms with Gasteiger partial charge in [0.1, 0.15) is 0 Å². The van der Waals surface area contributed by atoms with E-state index in [4.69, 9.17) is 19.7 Å². The van der Waals surface area contributed by atoms with Crippen LogP contribution in [0.1, 0.15) is 6.42 Å². The first-order chi connectivity index (χ1) is 8.12. The Morgan fingerprint density at radius 1 is 1.00 bits per heavy atom. The minimum Gasteiger partial charge on any atom is -0.870 e. The molecular formula is C9H21NaO8S. The van der Waals surface area contributed by atoms with Crippen LogP contribution in [0.2, 0.25) is 0 Å². The summed E-state index contributed by atoms with van der Waals surface area (Å²) in [7, 11) is -3.05. The minimum absolute atomic E-state index is 0. The second kappa shape index (κ2) is 16.8. The SMILES string of the molecule is O=S1(=O)CCCO1.OCCOCCOCCO.[Na+].[OH-]. The van der Waals surface area contributed by atoms with Gasteiger partial charge >= 0.3 is 29.6 Å². The third-order valence-electron chi connectivity index (χ3n) is 1.64. The van der Waals surface area contributed by atoms with Crippen molar-refractivity contribution < 1.29 is 67.3 Å². The van der Waals surface area contributed by atoms with Gasteiger partial charge in [-0.2, -0.15) is 8.42 Å². The summed E-state index contributed by atoms with van der Waals surface area (Å²) in [6.45, 7) is 2.11. The second-order valence-corrected chi connectivity index (χ2v) is 4.87. The molecule has 0 bridgehead atoms. The molecule has 1 heterocycles. The molecular weight excluding hydrogens is 291 g/mol. The summed E-state index contributed by atoms with van der Waals surface area (Å²) in [5, 5.41) is 16.5. The van der Waals surface area contributed by atoms with E-state index in [2.05, 4.69) is 4.18 Å². The van der Waals surface area contributed by atoms with Crippen molar-refractivity contribution in [1.82, 2.24) is 0 Å². The zero-order valence-electron chi connectivity index (χ0n) is 11.2. The first-order valence-corrected chi connectivity index (χ1v) is 6.94. The number of aliphatic hydroxyl groups is 2. The quantitative estimate of drug-likeness (QED) is 0.273. The third-order valence-corrected chi connectivity index (χ3v) is 2.96.